The lowest BCUT2D eigenvalue weighted by atomic mass is 10.5. The predicted molar refractivity (Wildman–Crippen MR) is 108 cm³/mol. The molecule has 0 aromatic heterocycles. The Kier molecular flexibility index (Phi) is 3.65. The minimum Gasteiger partial charge on any atom is -0.379 e. The first kappa shape index (κ1) is 17.1. The Balaban J connectivity index is 1.50. The molecule has 0 saturated carbocycles. The van der Waals surface area contributed by atoms with Crippen LogP contribution in [0.4, 0.5) is 0 Å². The van der Waals surface area contributed by atoms with E-state index in [4.69, 9.17) is 18.3 Å². The highest BCUT2D eigenvalue weighted by Crippen LogP contribution is 2.87. The van der Waals surface area contributed by atoms with E-state index >= 15 is 0 Å². The molecule has 10 nitrogen and oxygen atoms in total. The Morgan fingerprint density at radius 3 is 0.926 bits per heavy atom. The Morgan fingerprint density at radius 2 is 0.667 bits per heavy atom. The molecular weight excluding hydrogens is 403 g/mol. The van der Waals surface area contributed by atoms with Gasteiger partial charge in [0, 0.05) is 78.5 Å². The van der Waals surface area contributed by atoms with Crippen LogP contribution in [0, 0.1) is 0 Å². The third-order valence-corrected chi connectivity index (χ3v) is 18.8. The second kappa shape index (κ2) is 5.76. The molecule has 150 valence electrons. The van der Waals surface area contributed by atoms with Crippen molar-refractivity contribution in [2.75, 3.05) is 91.8 Å². The highest BCUT2D eigenvalue weighted by molar-refractivity contribution is 7.83. The molecule has 0 N–H and O–H groups in total. The smallest absolute Gasteiger partial charge is 0.221 e. The molecule has 0 spiro atoms. The Bertz CT molecular complexity index is 775. The fraction of sp³-hybridized carbons (Fsp3) is 1.00. The molecule has 6 saturated heterocycles. The van der Waals surface area contributed by atoms with Crippen LogP contribution in [0.2, 0.25) is 0 Å². The highest BCUT2D eigenvalue weighted by Gasteiger charge is 2.59. The van der Waals surface area contributed by atoms with Gasteiger partial charge in [0.25, 0.3) is 0 Å². The summed E-state index contributed by atoms with van der Waals surface area (Å²) in [4.78, 5) is 0. The quantitative estimate of drug-likeness (QED) is 0.469. The van der Waals surface area contributed by atoms with E-state index in [1.165, 1.54) is 52.4 Å². The van der Waals surface area contributed by atoms with Gasteiger partial charge in [-0.05, 0) is 0 Å². The van der Waals surface area contributed by atoms with Gasteiger partial charge in [0.2, 0.25) is 22.5 Å². The average Bonchev–Trinajstić information content (AvgIpc) is 3.58. The second-order valence-corrected chi connectivity index (χ2v) is 17.0. The molecule has 0 radical (unpaired) electrons. The fourth-order valence-corrected chi connectivity index (χ4v) is 19.7. The van der Waals surface area contributed by atoms with Crippen molar-refractivity contribution in [3.8, 4) is 0 Å². The van der Waals surface area contributed by atoms with Gasteiger partial charge in [-0.3, -0.25) is 0 Å². The summed E-state index contributed by atoms with van der Waals surface area (Å²) in [6, 6.07) is 0. The first-order chi connectivity index (χ1) is 13.3. The maximum absolute atomic E-state index is 5.78. The first-order valence-corrected chi connectivity index (χ1v) is 15.1. The Labute approximate surface area is 161 Å². The number of ether oxygens (including phenoxy) is 1. The fourth-order valence-electron chi connectivity index (χ4n) is 4.14. The van der Waals surface area contributed by atoms with E-state index in [-0.39, 0.29) is 0 Å². The van der Waals surface area contributed by atoms with E-state index in [0.29, 0.717) is 0 Å². The maximum atomic E-state index is 5.78. The lowest BCUT2D eigenvalue weighted by Gasteiger charge is -2.43. The van der Waals surface area contributed by atoms with Gasteiger partial charge in [-0.1, -0.05) is 0 Å². The van der Waals surface area contributed by atoms with Crippen LogP contribution in [-0.2, 0) is 4.74 Å². The number of hydrogen-bond acceptors (Lipinski definition) is 10. The van der Waals surface area contributed by atoms with Gasteiger partial charge in [0.1, 0.15) is 0 Å². The van der Waals surface area contributed by atoms with Gasteiger partial charge in [-0.15, -0.1) is 0 Å². The van der Waals surface area contributed by atoms with Crippen LogP contribution in [0.15, 0.2) is 13.5 Å². The van der Waals surface area contributed by atoms with E-state index < -0.39 is 22.5 Å². The number of hydrogen-bond donors (Lipinski definition) is 0. The lowest BCUT2D eigenvalue weighted by Crippen LogP contribution is -2.35. The Morgan fingerprint density at radius 1 is 0.407 bits per heavy atom. The van der Waals surface area contributed by atoms with Crippen LogP contribution in [-0.4, -0.2) is 120 Å². The molecule has 0 aromatic carbocycles. The molecule has 1 unspecified atom stereocenters. The minimum atomic E-state index is -2.05. The predicted octanol–water partition coefficient (Wildman–Crippen LogP) is 1.75. The maximum Gasteiger partial charge on any atom is 0.221 e. The van der Waals surface area contributed by atoms with Crippen molar-refractivity contribution in [1.82, 2.24) is 28.0 Å². The lowest BCUT2D eigenvalue weighted by molar-refractivity contribution is 0.0728. The summed E-state index contributed by atoms with van der Waals surface area (Å²) in [6.45, 7) is 15.2. The monoisotopic (exact) mass is 431 g/mol. The molecule has 0 amide bonds. The minimum absolute atomic E-state index is 0.815. The van der Waals surface area contributed by atoms with E-state index in [9.17, 15) is 0 Å². The van der Waals surface area contributed by atoms with E-state index in [1.54, 1.807) is 0 Å². The molecule has 27 heavy (non-hydrogen) atoms. The molecule has 0 aromatic rings. The molecule has 0 aliphatic carbocycles. The second-order valence-electron chi connectivity index (χ2n) is 8.21. The SMILES string of the molecule is C1CN(P2(N3CC3)=NP(N3CC3)(N3CC3)=NP(N3CC3)(N3CC3)=N2)CCO1. The van der Waals surface area contributed by atoms with Crippen LogP contribution in [0.5, 0.6) is 0 Å². The van der Waals surface area contributed by atoms with Crippen LogP contribution < -0.4 is 0 Å². The van der Waals surface area contributed by atoms with Gasteiger partial charge in [0.05, 0.1) is 13.2 Å². The molecule has 6 fully saturated rings. The van der Waals surface area contributed by atoms with Crippen molar-refractivity contribution in [3.05, 3.63) is 0 Å². The standard InChI is InChI=1S/C14H28N9OP3/c1-2-18(1)25(19-3-4-19)15-26(20-5-6-20,21-7-8-21)17-27(16-25,22-9-10-22)23-11-13-24-14-12-23/h1-14H2. The van der Waals surface area contributed by atoms with Crippen LogP contribution in [0.3, 0.4) is 0 Å². The zero-order chi connectivity index (χ0) is 17.7. The van der Waals surface area contributed by atoms with Gasteiger partial charge in [-0.25, -0.2) is 28.0 Å². The van der Waals surface area contributed by atoms with Gasteiger partial charge >= 0.3 is 0 Å². The molecule has 7 rings (SSSR count). The summed E-state index contributed by atoms with van der Waals surface area (Å²) in [5.41, 5.74) is 0. The summed E-state index contributed by atoms with van der Waals surface area (Å²) in [6.07, 6.45) is 0. The molecule has 1 atom stereocenters. The zero-order valence-corrected chi connectivity index (χ0v) is 18.4. The zero-order valence-electron chi connectivity index (χ0n) is 15.7. The Hall–Kier alpha value is 0.410. The molecule has 7 heterocycles. The normalized spacial score (nSPS) is 41.3. The van der Waals surface area contributed by atoms with Crippen molar-refractivity contribution in [3.63, 3.8) is 0 Å². The van der Waals surface area contributed by atoms with E-state index in [0.717, 1.165) is 39.4 Å². The van der Waals surface area contributed by atoms with Crippen LogP contribution in [0.1, 0.15) is 0 Å². The number of nitrogens with zero attached hydrogens (tertiary/aromatic N) is 9. The largest absolute Gasteiger partial charge is 0.379 e. The number of rotatable bonds is 6. The average molecular weight is 431 g/mol. The third-order valence-electron chi connectivity index (χ3n) is 6.10. The van der Waals surface area contributed by atoms with Crippen molar-refractivity contribution in [1.29, 1.82) is 0 Å². The molecule has 7 aliphatic rings. The van der Waals surface area contributed by atoms with Crippen molar-refractivity contribution < 1.29 is 4.74 Å². The molecular formula is C14H28N9OP3. The van der Waals surface area contributed by atoms with Crippen LogP contribution >= 0.6 is 22.5 Å². The summed E-state index contributed by atoms with van der Waals surface area (Å²) in [5.74, 6) is 0. The topological polar surface area (TPSA) is 64.6 Å². The summed E-state index contributed by atoms with van der Waals surface area (Å²) in [5, 5.41) is 0. The molecule has 0 bridgehead atoms. The van der Waals surface area contributed by atoms with E-state index in [2.05, 4.69) is 28.0 Å². The number of morpholine rings is 1. The van der Waals surface area contributed by atoms with Gasteiger partial charge in [-0.2, -0.15) is 13.5 Å². The highest BCUT2D eigenvalue weighted by atomic mass is 31.3. The van der Waals surface area contributed by atoms with E-state index in [1.807, 2.05) is 0 Å². The first-order valence-electron chi connectivity index (χ1n) is 10.3. The third kappa shape index (κ3) is 2.63. The van der Waals surface area contributed by atoms with Crippen molar-refractivity contribution in [2.24, 2.45) is 13.5 Å². The summed E-state index contributed by atoms with van der Waals surface area (Å²) < 4.78 is 38.7. The summed E-state index contributed by atoms with van der Waals surface area (Å²) in [7, 11) is -5.95. The molecule has 7 aliphatic heterocycles. The van der Waals surface area contributed by atoms with Gasteiger partial charge in [0.15, 0.2) is 0 Å². The van der Waals surface area contributed by atoms with Gasteiger partial charge < -0.3 is 4.74 Å². The van der Waals surface area contributed by atoms with Crippen LogP contribution in [0.25, 0.3) is 0 Å². The van der Waals surface area contributed by atoms with Crippen molar-refractivity contribution in [2.45, 2.75) is 0 Å². The molecule has 13 heteroatoms. The van der Waals surface area contributed by atoms with Crippen molar-refractivity contribution >= 4 is 22.5 Å². The summed E-state index contributed by atoms with van der Waals surface area (Å²) >= 11 is 0.